The van der Waals surface area contributed by atoms with Crippen molar-refractivity contribution in [1.82, 2.24) is 10.2 Å². The molecular weight excluding hydrogens is 276 g/mol. The van der Waals surface area contributed by atoms with E-state index < -0.39 is 0 Å². The highest BCUT2D eigenvalue weighted by atomic mass is 35.5. The molecule has 0 aromatic carbocycles. The van der Waals surface area contributed by atoms with E-state index in [1.165, 1.54) is 17.7 Å². The molecule has 0 saturated carbocycles. The van der Waals surface area contributed by atoms with Crippen LogP contribution in [0.5, 0.6) is 0 Å². The first-order valence-corrected chi connectivity index (χ1v) is 8.32. The molecule has 1 atom stereocenters. The van der Waals surface area contributed by atoms with Gasteiger partial charge < -0.3 is 10.2 Å². The Labute approximate surface area is 127 Å². The molecule has 0 saturated heterocycles. The van der Waals surface area contributed by atoms with E-state index in [9.17, 15) is 0 Å². The van der Waals surface area contributed by atoms with Gasteiger partial charge in [-0.15, -0.1) is 11.3 Å². The van der Waals surface area contributed by atoms with Crippen LogP contribution < -0.4 is 5.32 Å². The summed E-state index contributed by atoms with van der Waals surface area (Å²) in [5.41, 5.74) is 0.348. The van der Waals surface area contributed by atoms with Crippen LogP contribution in [0.1, 0.15) is 38.5 Å². The van der Waals surface area contributed by atoms with Crippen molar-refractivity contribution < 1.29 is 0 Å². The molecule has 1 aromatic rings. The maximum atomic E-state index is 5.99. The van der Waals surface area contributed by atoms with Crippen LogP contribution in [0.2, 0.25) is 4.34 Å². The van der Waals surface area contributed by atoms with Crippen LogP contribution in [0.15, 0.2) is 12.1 Å². The molecule has 0 aliphatic rings. The van der Waals surface area contributed by atoms with Crippen molar-refractivity contribution in [3.63, 3.8) is 0 Å². The van der Waals surface area contributed by atoms with Crippen molar-refractivity contribution in [2.45, 2.75) is 40.2 Å². The minimum Gasteiger partial charge on any atom is -0.316 e. The Morgan fingerprint density at radius 3 is 2.63 bits per heavy atom. The van der Waals surface area contributed by atoms with Crippen molar-refractivity contribution >= 4 is 22.9 Å². The molecule has 110 valence electrons. The normalized spacial score (nSPS) is 14.8. The highest BCUT2D eigenvalue weighted by Crippen LogP contribution is 2.26. The zero-order chi connectivity index (χ0) is 14.3. The number of thiophene rings is 1. The summed E-state index contributed by atoms with van der Waals surface area (Å²) in [6, 6.07) is 4.12. The smallest absolute Gasteiger partial charge is 0.0931 e. The van der Waals surface area contributed by atoms with Crippen LogP contribution in [-0.4, -0.2) is 31.6 Å². The zero-order valence-corrected chi connectivity index (χ0v) is 14.2. The van der Waals surface area contributed by atoms with Gasteiger partial charge in [-0.1, -0.05) is 38.8 Å². The Morgan fingerprint density at radius 1 is 1.37 bits per heavy atom. The molecule has 0 fully saturated rings. The third-order valence-electron chi connectivity index (χ3n) is 3.36. The van der Waals surface area contributed by atoms with E-state index in [2.05, 4.69) is 44.1 Å². The summed E-state index contributed by atoms with van der Waals surface area (Å²) in [5, 5.41) is 3.50. The molecule has 1 aromatic heterocycles. The van der Waals surface area contributed by atoms with Gasteiger partial charge in [0.15, 0.2) is 0 Å². The first-order valence-electron chi connectivity index (χ1n) is 7.12. The van der Waals surface area contributed by atoms with Crippen LogP contribution in [0.4, 0.5) is 0 Å². The fraction of sp³-hybridized carbons (Fsp3) is 0.733. The summed E-state index contributed by atoms with van der Waals surface area (Å²) in [4.78, 5) is 3.75. The molecule has 0 bridgehead atoms. The number of hydrogen-bond donors (Lipinski definition) is 1. The number of hydrogen-bond acceptors (Lipinski definition) is 3. The third kappa shape index (κ3) is 6.26. The maximum absolute atomic E-state index is 5.99. The van der Waals surface area contributed by atoms with E-state index in [0.29, 0.717) is 5.41 Å². The highest BCUT2D eigenvalue weighted by Gasteiger charge is 2.24. The van der Waals surface area contributed by atoms with Crippen molar-refractivity contribution in [2.75, 3.05) is 26.7 Å². The van der Waals surface area contributed by atoms with Crippen molar-refractivity contribution in [1.29, 1.82) is 0 Å². The quantitative estimate of drug-likeness (QED) is 0.733. The standard InChI is InChI=1S/C15H27ClN2S/c1-5-9-15(3,11-17-6-2)12-18(4)10-13-7-8-14(16)19-13/h7-8,17H,5-6,9-12H2,1-4H3. The Kier molecular flexibility index (Phi) is 7.37. The molecule has 0 amide bonds. The number of halogens is 1. The van der Waals surface area contributed by atoms with E-state index in [-0.39, 0.29) is 0 Å². The lowest BCUT2D eigenvalue weighted by molar-refractivity contribution is 0.170. The molecule has 0 spiro atoms. The lowest BCUT2D eigenvalue weighted by Crippen LogP contribution is -2.40. The average molecular weight is 303 g/mol. The zero-order valence-electron chi connectivity index (χ0n) is 12.6. The molecule has 19 heavy (non-hydrogen) atoms. The average Bonchev–Trinajstić information content (AvgIpc) is 2.72. The Bertz CT molecular complexity index is 367. The molecule has 1 rings (SSSR count). The fourth-order valence-corrected chi connectivity index (χ4v) is 3.83. The Hall–Kier alpha value is -0.0900. The van der Waals surface area contributed by atoms with Gasteiger partial charge in [0, 0.05) is 24.5 Å². The van der Waals surface area contributed by atoms with Crippen molar-refractivity contribution in [2.24, 2.45) is 5.41 Å². The SMILES string of the molecule is CCCC(C)(CNCC)CN(C)Cc1ccc(Cl)s1. The lowest BCUT2D eigenvalue weighted by atomic mass is 9.85. The van der Waals surface area contributed by atoms with Crippen LogP contribution in [0.3, 0.4) is 0 Å². The molecular formula is C15H27ClN2S. The van der Waals surface area contributed by atoms with Crippen LogP contribution in [0, 0.1) is 5.41 Å². The van der Waals surface area contributed by atoms with E-state index >= 15 is 0 Å². The number of rotatable bonds is 9. The van der Waals surface area contributed by atoms with Crippen LogP contribution >= 0.6 is 22.9 Å². The van der Waals surface area contributed by atoms with E-state index in [0.717, 1.165) is 30.5 Å². The second-order valence-electron chi connectivity index (χ2n) is 5.72. The van der Waals surface area contributed by atoms with E-state index in [1.54, 1.807) is 11.3 Å². The molecule has 4 heteroatoms. The maximum Gasteiger partial charge on any atom is 0.0931 e. The third-order valence-corrected chi connectivity index (χ3v) is 4.58. The molecule has 0 aliphatic carbocycles. The largest absolute Gasteiger partial charge is 0.316 e. The van der Waals surface area contributed by atoms with Gasteiger partial charge in [0.2, 0.25) is 0 Å². The summed E-state index contributed by atoms with van der Waals surface area (Å²) in [7, 11) is 2.20. The first-order chi connectivity index (χ1) is 8.99. The predicted octanol–water partition coefficient (Wildman–Crippen LogP) is 4.25. The predicted molar refractivity (Wildman–Crippen MR) is 87.2 cm³/mol. The second kappa shape index (κ2) is 8.25. The lowest BCUT2D eigenvalue weighted by Gasteiger charge is -2.34. The van der Waals surface area contributed by atoms with Gasteiger partial charge in [-0.3, -0.25) is 0 Å². The van der Waals surface area contributed by atoms with Crippen molar-refractivity contribution in [3.8, 4) is 0 Å². The Morgan fingerprint density at radius 2 is 2.11 bits per heavy atom. The minimum atomic E-state index is 0.348. The molecule has 0 radical (unpaired) electrons. The molecule has 1 N–H and O–H groups in total. The first kappa shape index (κ1) is 17.0. The number of nitrogens with zero attached hydrogens (tertiary/aromatic N) is 1. The van der Waals surface area contributed by atoms with Gasteiger partial charge in [-0.05, 0) is 37.6 Å². The minimum absolute atomic E-state index is 0.348. The van der Waals surface area contributed by atoms with Gasteiger partial charge in [-0.2, -0.15) is 0 Å². The highest BCUT2D eigenvalue weighted by molar-refractivity contribution is 7.16. The van der Waals surface area contributed by atoms with Gasteiger partial charge in [0.1, 0.15) is 0 Å². The van der Waals surface area contributed by atoms with Gasteiger partial charge in [0.05, 0.1) is 4.34 Å². The van der Waals surface area contributed by atoms with Gasteiger partial charge in [-0.25, -0.2) is 0 Å². The second-order valence-corrected chi connectivity index (χ2v) is 7.52. The molecule has 1 heterocycles. The monoisotopic (exact) mass is 302 g/mol. The number of nitrogens with one attached hydrogen (secondary N) is 1. The molecule has 2 nitrogen and oxygen atoms in total. The summed E-state index contributed by atoms with van der Waals surface area (Å²) in [6.45, 7) is 11.1. The van der Waals surface area contributed by atoms with E-state index in [1.807, 2.05) is 6.07 Å². The summed E-state index contributed by atoms with van der Waals surface area (Å²) >= 11 is 7.67. The summed E-state index contributed by atoms with van der Waals surface area (Å²) in [5.74, 6) is 0. The molecule has 0 aliphatic heterocycles. The summed E-state index contributed by atoms with van der Waals surface area (Å²) in [6.07, 6.45) is 2.50. The summed E-state index contributed by atoms with van der Waals surface area (Å²) < 4.78 is 0.882. The van der Waals surface area contributed by atoms with Gasteiger partial charge >= 0.3 is 0 Å². The fourth-order valence-electron chi connectivity index (χ4n) is 2.66. The van der Waals surface area contributed by atoms with Crippen LogP contribution in [0.25, 0.3) is 0 Å². The van der Waals surface area contributed by atoms with E-state index in [4.69, 9.17) is 11.6 Å². The van der Waals surface area contributed by atoms with Gasteiger partial charge in [0.25, 0.3) is 0 Å². The van der Waals surface area contributed by atoms with Crippen LogP contribution in [-0.2, 0) is 6.54 Å². The topological polar surface area (TPSA) is 15.3 Å². The molecule has 1 unspecified atom stereocenters. The van der Waals surface area contributed by atoms with Crippen molar-refractivity contribution in [3.05, 3.63) is 21.3 Å². The Balaban J connectivity index is 2.52.